The summed E-state index contributed by atoms with van der Waals surface area (Å²) in [5.74, 6) is 0.122. The molecule has 0 aliphatic carbocycles. The molecule has 0 radical (unpaired) electrons. The van der Waals surface area contributed by atoms with Crippen molar-refractivity contribution in [3.8, 4) is 11.5 Å². The van der Waals surface area contributed by atoms with Crippen molar-refractivity contribution in [2.45, 2.75) is 23.8 Å². The van der Waals surface area contributed by atoms with Crippen LogP contribution in [-0.4, -0.2) is 70.1 Å². The molecule has 6 aromatic rings. The van der Waals surface area contributed by atoms with Crippen LogP contribution < -0.4 is 19.7 Å². The first-order chi connectivity index (χ1) is 28.2. The molecule has 1 amide bonds. The molecule has 1 unspecified atom stereocenters. The van der Waals surface area contributed by atoms with Crippen molar-refractivity contribution in [1.82, 2.24) is 14.6 Å². The Balaban J connectivity index is 1.03. The lowest BCUT2D eigenvalue weighted by Gasteiger charge is -2.40. The molecule has 0 bridgehead atoms. The standard InChI is InChI=1S/C44H41ClN6O6S/c45-34-8-6-32(7-9-34)43(31-4-2-1-3-5-31)51-22-20-50(21-23-51)35-10-13-38(42(27-35)57-36-11-14-39-33(26-36)16-19-46-39)44(52)49-58(54,55)37-12-15-40(41(28-37)48-53)47-29-30-17-24-56-25-18-30/h2,4-16,19,26-28,30,43,46-47H,17-18,20-25,29H2,(H,49,52). The van der Waals surface area contributed by atoms with Gasteiger partial charge in [0, 0.05) is 79.8 Å². The number of carbonyl (C=O) groups excluding carboxylic acids is 1. The van der Waals surface area contributed by atoms with Gasteiger partial charge in [-0.15, -0.1) is 4.91 Å². The lowest BCUT2D eigenvalue weighted by Crippen LogP contribution is -2.48. The minimum atomic E-state index is -4.43. The van der Waals surface area contributed by atoms with E-state index in [0.717, 1.165) is 59.7 Å². The van der Waals surface area contributed by atoms with Gasteiger partial charge in [0.05, 0.1) is 22.2 Å². The van der Waals surface area contributed by atoms with Gasteiger partial charge in [-0.3, -0.25) is 9.69 Å². The van der Waals surface area contributed by atoms with Gasteiger partial charge in [-0.2, -0.15) is 0 Å². The summed E-state index contributed by atoms with van der Waals surface area (Å²) in [6, 6.07) is 36.4. The Morgan fingerprint density at radius 1 is 0.931 bits per heavy atom. The van der Waals surface area contributed by atoms with E-state index in [4.69, 9.17) is 21.1 Å². The normalized spacial score (nSPS) is 15.7. The number of ether oxygens (including phenoxy) is 2. The Kier molecular flexibility index (Phi) is 11.6. The number of rotatable bonds is 13. The van der Waals surface area contributed by atoms with Gasteiger partial charge in [0.15, 0.2) is 0 Å². The third-order valence-corrected chi connectivity index (χ3v) is 12.3. The van der Waals surface area contributed by atoms with Crippen LogP contribution >= 0.6 is 11.6 Å². The number of amides is 1. The number of nitroso groups, excluding NO2 is 1. The fraction of sp³-hybridized carbons (Fsp3) is 0.250. The van der Waals surface area contributed by atoms with Crippen molar-refractivity contribution in [1.29, 1.82) is 0 Å². The zero-order valence-electron chi connectivity index (χ0n) is 31.5. The van der Waals surface area contributed by atoms with Crippen LogP contribution in [0.25, 0.3) is 10.9 Å². The summed E-state index contributed by atoms with van der Waals surface area (Å²) < 4.78 is 41.2. The number of aromatic nitrogens is 1. The fourth-order valence-electron chi connectivity index (χ4n) is 7.57. The zero-order chi connectivity index (χ0) is 40.1. The van der Waals surface area contributed by atoms with Gasteiger partial charge in [-0.25, -0.2) is 13.1 Å². The largest absolute Gasteiger partial charge is 0.456 e. The highest BCUT2D eigenvalue weighted by Crippen LogP contribution is 2.35. The first kappa shape index (κ1) is 38.9. The maximum Gasteiger partial charge on any atom is 0.268 e. The molecule has 1 atom stereocenters. The SMILES string of the molecule is O=Nc1cc(S(=O)(=O)NC(=O)c2ccc(N3CCN(C(c4cc#ccc4)c4ccc(Cl)cc4)CC3)cc2Oc2ccc3[nH]ccc3c2)ccc1NCC1CCOCC1. The average molecular weight is 817 g/mol. The number of benzene rings is 4. The average Bonchev–Trinajstić information content (AvgIpc) is 3.73. The Morgan fingerprint density at radius 3 is 2.50 bits per heavy atom. The van der Waals surface area contributed by atoms with E-state index in [1.807, 2.05) is 60.8 Å². The minimum Gasteiger partial charge on any atom is -0.456 e. The van der Waals surface area contributed by atoms with Gasteiger partial charge in [-0.05, 0) is 120 Å². The summed E-state index contributed by atoms with van der Waals surface area (Å²) in [6.07, 6.45) is 3.60. The van der Waals surface area contributed by atoms with Crippen molar-refractivity contribution in [3.05, 3.63) is 148 Å². The third kappa shape index (κ3) is 8.80. The quantitative estimate of drug-likeness (QED) is 0.0978. The highest BCUT2D eigenvalue weighted by molar-refractivity contribution is 7.90. The first-order valence-electron chi connectivity index (χ1n) is 19.1. The van der Waals surface area contributed by atoms with Crippen molar-refractivity contribution in [2.75, 3.05) is 56.2 Å². The van der Waals surface area contributed by atoms with E-state index in [0.29, 0.717) is 55.2 Å². The van der Waals surface area contributed by atoms with Crippen molar-refractivity contribution in [2.24, 2.45) is 11.1 Å². The third-order valence-electron chi connectivity index (χ3n) is 10.7. The van der Waals surface area contributed by atoms with E-state index in [1.54, 1.807) is 24.3 Å². The molecule has 0 saturated carbocycles. The van der Waals surface area contributed by atoms with Gasteiger partial charge in [-0.1, -0.05) is 35.9 Å². The van der Waals surface area contributed by atoms with Gasteiger partial charge in [0.1, 0.15) is 17.2 Å². The van der Waals surface area contributed by atoms with Crippen LogP contribution in [-0.2, 0) is 14.8 Å². The number of hydrogen-bond donors (Lipinski definition) is 3. The predicted molar refractivity (Wildman–Crippen MR) is 225 cm³/mol. The molecule has 2 fully saturated rings. The molecule has 1 aromatic heterocycles. The number of anilines is 2. The van der Waals surface area contributed by atoms with Crippen molar-refractivity contribution in [3.63, 3.8) is 0 Å². The summed E-state index contributed by atoms with van der Waals surface area (Å²) in [7, 11) is -4.43. The van der Waals surface area contributed by atoms with Gasteiger partial charge in [0.25, 0.3) is 15.9 Å². The molecule has 14 heteroatoms. The summed E-state index contributed by atoms with van der Waals surface area (Å²) >= 11 is 6.24. The Bertz CT molecular complexity index is 2500. The number of fused-ring (bicyclic) bond motifs is 1. The van der Waals surface area contributed by atoms with E-state index in [1.165, 1.54) is 12.1 Å². The van der Waals surface area contributed by atoms with Crippen LogP contribution in [0.4, 0.5) is 17.1 Å². The van der Waals surface area contributed by atoms with E-state index >= 15 is 0 Å². The molecular weight excluding hydrogens is 776 g/mol. The van der Waals surface area contributed by atoms with Crippen molar-refractivity contribution >= 4 is 55.5 Å². The topological polar surface area (TPSA) is 145 Å². The molecule has 2 aliphatic heterocycles. The summed E-state index contributed by atoms with van der Waals surface area (Å²) in [5.41, 5.74) is 4.31. The highest BCUT2D eigenvalue weighted by atomic mass is 35.5. The predicted octanol–water partition coefficient (Wildman–Crippen LogP) is 8.48. The van der Waals surface area contributed by atoms with Crippen LogP contribution in [0.1, 0.15) is 40.4 Å². The molecule has 5 aromatic carbocycles. The minimum absolute atomic E-state index is 0.0107. The number of H-pyrrole nitrogens is 1. The maximum atomic E-state index is 13.9. The Labute approximate surface area is 342 Å². The lowest BCUT2D eigenvalue weighted by molar-refractivity contribution is 0.0699. The second-order valence-corrected chi connectivity index (χ2v) is 16.5. The van der Waals surface area contributed by atoms with Crippen LogP contribution in [0, 0.1) is 23.0 Å². The maximum absolute atomic E-state index is 13.9. The molecule has 58 heavy (non-hydrogen) atoms. The van der Waals surface area contributed by atoms with Crippen LogP contribution in [0.15, 0.2) is 119 Å². The summed E-state index contributed by atoms with van der Waals surface area (Å²) in [4.78, 5) is 33.2. The summed E-state index contributed by atoms with van der Waals surface area (Å²) in [6.45, 7) is 4.76. The first-order valence-corrected chi connectivity index (χ1v) is 21.0. The molecule has 8 rings (SSSR count). The number of carbonyl (C=O) groups is 1. The molecular formula is C44H41ClN6O6S. The van der Waals surface area contributed by atoms with Crippen LogP contribution in [0.2, 0.25) is 5.02 Å². The molecule has 0 spiro atoms. The number of halogens is 1. The lowest BCUT2D eigenvalue weighted by atomic mass is 9.97. The van der Waals surface area contributed by atoms with Crippen molar-refractivity contribution < 1.29 is 22.7 Å². The Hall–Kier alpha value is -5.91. The van der Waals surface area contributed by atoms with E-state index < -0.39 is 15.9 Å². The number of hydrogen-bond acceptors (Lipinski definition) is 10. The smallest absolute Gasteiger partial charge is 0.268 e. The number of nitrogens with zero attached hydrogens (tertiary/aromatic N) is 3. The van der Waals surface area contributed by atoms with Gasteiger partial charge < -0.3 is 24.7 Å². The molecule has 296 valence electrons. The number of nitrogens with one attached hydrogen (secondary N) is 3. The van der Waals surface area contributed by atoms with E-state index in [9.17, 15) is 18.1 Å². The number of aromatic amines is 1. The highest BCUT2D eigenvalue weighted by Gasteiger charge is 2.29. The van der Waals surface area contributed by atoms with E-state index in [-0.39, 0.29) is 27.9 Å². The number of sulfonamides is 1. The molecule has 2 aliphatic rings. The second kappa shape index (κ2) is 17.3. The summed E-state index contributed by atoms with van der Waals surface area (Å²) in [5, 5.41) is 7.87. The molecule has 2 saturated heterocycles. The van der Waals surface area contributed by atoms with Gasteiger partial charge in [0.2, 0.25) is 0 Å². The number of piperazine rings is 1. The molecule has 3 heterocycles. The van der Waals surface area contributed by atoms with Gasteiger partial charge >= 0.3 is 0 Å². The van der Waals surface area contributed by atoms with Crippen LogP contribution in [0.3, 0.4) is 0 Å². The fourth-order valence-corrected chi connectivity index (χ4v) is 8.68. The molecule has 3 N–H and O–H groups in total. The second-order valence-electron chi connectivity index (χ2n) is 14.4. The Morgan fingerprint density at radius 2 is 1.74 bits per heavy atom. The van der Waals surface area contributed by atoms with E-state index in [2.05, 4.69) is 48.2 Å². The zero-order valence-corrected chi connectivity index (χ0v) is 33.1. The molecule has 12 nitrogen and oxygen atoms in total. The van der Waals surface area contributed by atoms with Crippen LogP contribution in [0.5, 0.6) is 11.5 Å². The monoisotopic (exact) mass is 816 g/mol.